The fourth-order valence-corrected chi connectivity index (χ4v) is 4.45. The minimum absolute atomic E-state index is 0.352. The zero-order chi connectivity index (χ0) is 15.3. The van der Waals surface area contributed by atoms with Gasteiger partial charge in [0.25, 0.3) is 5.78 Å². The van der Waals surface area contributed by atoms with Crippen molar-refractivity contribution in [1.29, 1.82) is 0 Å². The molecule has 112 valence electrons. The molecule has 1 aromatic carbocycles. The number of rotatable bonds is 2. The Kier molecular flexibility index (Phi) is 3.13. The summed E-state index contributed by atoms with van der Waals surface area (Å²) in [6.45, 7) is 3.75. The van der Waals surface area contributed by atoms with Crippen LogP contribution in [-0.4, -0.2) is 24.9 Å². The molecule has 5 heteroatoms. The molecule has 0 aliphatic carbocycles. The summed E-state index contributed by atoms with van der Waals surface area (Å²) in [6, 6.07) is 9.83. The number of para-hydroxylation sites is 1. The first kappa shape index (κ1) is 13.7. The molecule has 1 N–H and O–H groups in total. The van der Waals surface area contributed by atoms with E-state index in [4.69, 9.17) is 0 Å². The van der Waals surface area contributed by atoms with Crippen molar-refractivity contribution in [3.8, 4) is 0 Å². The third kappa shape index (κ3) is 1.93. The number of fused-ring (bicyclic) bond motifs is 2. The largest absolute Gasteiger partial charge is 0.311 e. The quantitative estimate of drug-likeness (QED) is 0.853. The van der Waals surface area contributed by atoms with Crippen molar-refractivity contribution in [3.63, 3.8) is 0 Å². The Bertz CT molecular complexity index is 768. The number of thiophene rings is 1. The van der Waals surface area contributed by atoms with Gasteiger partial charge < -0.3 is 4.90 Å². The third-order valence-corrected chi connectivity index (χ3v) is 5.77. The maximum atomic E-state index is 12.3. The van der Waals surface area contributed by atoms with Crippen LogP contribution in [0.4, 0.5) is 5.69 Å². The lowest BCUT2D eigenvalue weighted by molar-refractivity contribution is -0.930. The predicted octanol–water partition coefficient (Wildman–Crippen LogP) is 1.44. The van der Waals surface area contributed by atoms with Crippen LogP contribution in [0.2, 0.25) is 0 Å². The standard InChI is InChI=1S/C17H16N2O2S/c1-11-12-7-9-22-15(12)6-8-18(11)10-19-14-5-3-2-4-13(14)16(20)17(19)21/h2-5,7,9,11H,6,8,10H2,1H3/p+1/t11-/m1/s1. The van der Waals surface area contributed by atoms with Gasteiger partial charge in [0.1, 0.15) is 6.04 Å². The summed E-state index contributed by atoms with van der Waals surface area (Å²) >= 11 is 1.82. The second kappa shape index (κ2) is 5.04. The Labute approximate surface area is 133 Å². The van der Waals surface area contributed by atoms with Crippen molar-refractivity contribution in [3.05, 3.63) is 51.7 Å². The molecule has 2 atom stereocenters. The summed E-state index contributed by atoms with van der Waals surface area (Å²) in [4.78, 5) is 28.8. The van der Waals surface area contributed by atoms with Crippen molar-refractivity contribution in [2.45, 2.75) is 19.4 Å². The SMILES string of the molecule is C[C@@H]1c2ccsc2CC[NH+]1CN1C(=O)C(=O)c2ccccc21. The van der Waals surface area contributed by atoms with Gasteiger partial charge in [-0.05, 0) is 30.5 Å². The molecule has 0 radical (unpaired) electrons. The number of nitrogens with one attached hydrogen (secondary N) is 1. The summed E-state index contributed by atoms with van der Waals surface area (Å²) < 4.78 is 0. The van der Waals surface area contributed by atoms with Gasteiger partial charge in [-0.2, -0.15) is 0 Å². The molecule has 1 unspecified atom stereocenters. The van der Waals surface area contributed by atoms with Gasteiger partial charge in [0.2, 0.25) is 0 Å². The van der Waals surface area contributed by atoms with E-state index in [1.54, 1.807) is 11.0 Å². The average Bonchev–Trinajstić information content (AvgIpc) is 3.10. The van der Waals surface area contributed by atoms with E-state index in [2.05, 4.69) is 18.4 Å². The van der Waals surface area contributed by atoms with Crippen molar-refractivity contribution in [2.24, 2.45) is 0 Å². The first-order valence-corrected chi connectivity index (χ1v) is 8.41. The highest BCUT2D eigenvalue weighted by Gasteiger charge is 2.39. The molecule has 2 aliphatic heterocycles. The Morgan fingerprint density at radius 3 is 2.95 bits per heavy atom. The van der Waals surface area contributed by atoms with Crippen LogP contribution in [0.25, 0.3) is 0 Å². The van der Waals surface area contributed by atoms with Gasteiger partial charge in [-0.25, -0.2) is 0 Å². The second-order valence-electron chi connectivity index (χ2n) is 5.92. The maximum absolute atomic E-state index is 12.3. The molecule has 4 nitrogen and oxygen atoms in total. The molecule has 1 amide bonds. The van der Waals surface area contributed by atoms with Crippen molar-refractivity contribution < 1.29 is 14.5 Å². The number of hydrogen-bond acceptors (Lipinski definition) is 3. The van der Waals surface area contributed by atoms with E-state index in [0.29, 0.717) is 18.3 Å². The van der Waals surface area contributed by atoms with E-state index in [-0.39, 0.29) is 5.78 Å². The first-order valence-electron chi connectivity index (χ1n) is 7.53. The van der Waals surface area contributed by atoms with Crippen LogP contribution in [0, 0.1) is 0 Å². The van der Waals surface area contributed by atoms with Crippen molar-refractivity contribution in [2.75, 3.05) is 18.1 Å². The highest BCUT2D eigenvalue weighted by Crippen LogP contribution is 2.28. The Balaban J connectivity index is 1.62. The zero-order valence-corrected chi connectivity index (χ0v) is 13.2. The number of carbonyl (C=O) groups is 2. The molecule has 4 rings (SSSR count). The lowest BCUT2D eigenvalue weighted by Gasteiger charge is -2.33. The van der Waals surface area contributed by atoms with Crippen LogP contribution in [0.15, 0.2) is 35.7 Å². The number of quaternary nitrogens is 1. The van der Waals surface area contributed by atoms with Gasteiger partial charge in [0.15, 0.2) is 6.67 Å². The van der Waals surface area contributed by atoms with E-state index >= 15 is 0 Å². The number of amides is 1. The number of Topliss-reactive ketones (excluding diaryl/α,β-unsaturated/α-hetero) is 1. The number of anilines is 1. The molecular formula is C17H17N2O2S+. The van der Waals surface area contributed by atoms with Crippen LogP contribution in [0.1, 0.15) is 33.8 Å². The van der Waals surface area contributed by atoms with Crippen LogP contribution in [-0.2, 0) is 11.2 Å². The number of nitrogens with zero attached hydrogens (tertiary/aromatic N) is 1. The number of hydrogen-bond donors (Lipinski definition) is 1. The third-order valence-electron chi connectivity index (χ3n) is 4.77. The smallest absolute Gasteiger partial charge is 0.303 e. The molecule has 2 aliphatic rings. The van der Waals surface area contributed by atoms with E-state index in [9.17, 15) is 9.59 Å². The van der Waals surface area contributed by atoms with Gasteiger partial charge in [-0.3, -0.25) is 14.5 Å². The highest BCUT2D eigenvalue weighted by atomic mass is 32.1. The molecule has 2 aromatic rings. The first-order chi connectivity index (χ1) is 10.7. The zero-order valence-electron chi connectivity index (χ0n) is 12.3. The topological polar surface area (TPSA) is 41.8 Å². The second-order valence-corrected chi connectivity index (χ2v) is 6.92. The lowest BCUT2D eigenvalue weighted by atomic mass is 10.0. The lowest BCUT2D eigenvalue weighted by Crippen LogP contribution is -3.14. The average molecular weight is 313 g/mol. The van der Waals surface area contributed by atoms with Crippen LogP contribution in [0.5, 0.6) is 0 Å². The highest BCUT2D eigenvalue weighted by molar-refractivity contribution is 7.10. The summed E-state index contributed by atoms with van der Waals surface area (Å²) in [5, 5.41) is 2.14. The predicted molar refractivity (Wildman–Crippen MR) is 85.4 cm³/mol. The van der Waals surface area contributed by atoms with Gasteiger partial charge >= 0.3 is 5.91 Å². The number of ketones is 1. The van der Waals surface area contributed by atoms with Gasteiger partial charge in [-0.15, -0.1) is 11.3 Å². The Morgan fingerprint density at radius 2 is 2.09 bits per heavy atom. The maximum Gasteiger partial charge on any atom is 0.303 e. The van der Waals surface area contributed by atoms with E-state index in [1.165, 1.54) is 15.3 Å². The van der Waals surface area contributed by atoms with E-state index < -0.39 is 5.91 Å². The van der Waals surface area contributed by atoms with Crippen molar-refractivity contribution in [1.82, 2.24) is 0 Å². The Hall–Kier alpha value is -1.98. The van der Waals surface area contributed by atoms with Crippen LogP contribution >= 0.6 is 11.3 Å². The monoisotopic (exact) mass is 313 g/mol. The fraction of sp³-hybridized carbons (Fsp3) is 0.294. The van der Waals surface area contributed by atoms with E-state index in [0.717, 1.165) is 18.7 Å². The molecule has 0 spiro atoms. The minimum atomic E-state index is -0.392. The summed E-state index contributed by atoms with van der Waals surface area (Å²) in [5.41, 5.74) is 2.68. The molecule has 22 heavy (non-hydrogen) atoms. The van der Waals surface area contributed by atoms with Gasteiger partial charge in [0, 0.05) is 16.9 Å². The summed E-state index contributed by atoms with van der Waals surface area (Å²) in [5.74, 6) is -0.770. The molecular weight excluding hydrogens is 296 g/mol. The van der Waals surface area contributed by atoms with Gasteiger partial charge in [0.05, 0.1) is 17.8 Å². The van der Waals surface area contributed by atoms with Gasteiger partial charge in [-0.1, -0.05) is 12.1 Å². The summed E-state index contributed by atoms with van der Waals surface area (Å²) in [7, 11) is 0. The molecule has 0 saturated heterocycles. The Morgan fingerprint density at radius 1 is 1.27 bits per heavy atom. The van der Waals surface area contributed by atoms with Crippen LogP contribution < -0.4 is 9.80 Å². The number of carbonyl (C=O) groups excluding carboxylic acids is 2. The molecule has 0 fully saturated rings. The van der Waals surface area contributed by atoms with Crippen molar-refractivity contribution >= 4 is 28.7 Å². The van der Waals surface area contributed by atoms with Crippen LogP contribution in [0.3, 0.4) is 0 Å². The molecule has 0 bridgehead atoms. The van der Waals surface area contributed by atoms with E-state index in [1.807, 2.05) is 29.5 Å². The minimum Gasteiger partial charge on any atom is -0.311 e. The molecule has 0 saturated carbocycles. The normalized spacial score (nSPS) is 23.6. The fourth-order valence-electron chi connectivity index (χ4n) is 3.47. The molecule has 3 heterocycles. The molecule has 1 aromatic heterocycles. The number of benzene rings is 1. The summed E-state index contributed by atoms with van der Waals surface area (Å²) in [6.07, 6.45) is 1.05.